The van der Waals surface area contributed by atoms with Gasteiger partial charge in [0.1, 0.15) is 18.1 Å². The van der Waals surface area contributed by atoms with Gasteiger partial charge in [-0.05, 0) is 49.2 Å². The molecular weight excluding hydrogens is 414 g/mol. The summed E-state index contributed by atoms with van der Waals surface area (Å²) >= 11 is 0. The van der Waals surface area contributed by atoms with Crippen molar-refractivity contribution in [3.8, 4) is 5.75 Å². The highest BCUT2D eigenvalue weighted by Gasteiger charge is 2.25. The number of aryl methyl sites for hydroxylation is 2. The lowest BCUT2D eigenvalue weighted by Crippen LogP contribution is -2.48. The smallest absolute Gasteiger partial charge is 0.289 e. The van der Waals surface area contributed by atoms with Gasteiger partial charge in [-0.2, -0.15) is 0 Å². The van der Waals surface area contributed by atoms with Gasteiger partial charge in [-0.15, -0.1) is 0 Å². The number of furan rings is 1. The van der Waals surface area contributed by atoms with E-state index in [4.69, 9.17) is 9.15 Å². The van der Waals surface area contributed by atoms with Gasteiger partial charge < -0.3 is 14.1 Å². The van der Waals surface area contributed by atoms with Gasteiger partial charge in [0.25, 0.3) is 5.91 Å². The van der Waals surface area contributed by atoms with E-state index in [1.807, 2.05) is 36.9 Å². The lowest BCUT2D eigenvalue weighted by atomic mass is 10.1. The maximum absolute atomic E-state index is 13.9. The van der Waals surface area contributed by atoms with Crippen LogP contribution in [0.3, 0.4) is 0 Å². The normalized spacial score (nSPS) is 14.6. The highest BCUT2D eigenvalue weighted by Crippen LogP contribution is 2.22. The number of hydrogen-bond acceptors (Lipinski definition) is 4. The molecule has 168 valence electrons. The summed E-state index contributed by atoms with van der Waals surface area (Å²) in [5.74, 6) is -0.188. The van der Waals surface area contributed by atoms with Crippen LogP contribution in [0.4, 0.5) is 8.78 Å². The van der Waals surface area contributed by atoms with E-state index >= 15 is 0 Å². The molecule has 1 aromatic heterocycles. The first-order valence-electron chi connectivity index (χ1n) is 10.6. The molecule has 32 heavy (non-hydrogen) atoms. The van der Waals surface area contributed by atoms with Crippen molar-refractivity contribution in [2.24, 2.45) is 0 Å². The van der Waals surface area contributed by atoms with Crippen molar-refractivity contribution < 1.29 is 22.7 Å². The Labute approximate surface area is 186 Å². The molecule has 0 N–H and O–H groups in total. The van der Waals surface area contributed by atoms with Crippen LogP contribution in [0.15, 0.2) is 52.9 Å². The summed E-state index contributed by atoms with van der Waals surface area (Å²) in [6.45, 7) is 6.67. The van der Waals surface area contributed by atoms with E-state index in [9.17, 15) is 13.6 Å². The molecule has 0 atom stereocenters. The zero-order valence-corrected chi connectivity index (χ0v) is 18.2. The topological polar surface area (TPSA) is 45.9 Å². The molecule has 1 aliphatic rings. The van der Waals surface area contributed by atoms with Crippen LogP contribution in [0.2, 0.25) is 0 Å². The second kappa shape index (κ2) is 9.53. The van der Waals surface area contributed by atoms with E-state index in [1.54, 1.807) is 23.1 Å². The first-order chi connectivity index (χ1) is 15.4. The van der Waals surface area contributed by atoms with Crippen LogP contribution in [-0.4, -0.2) is 41.9 Å². The zero-order chi connectivity index (χ0) is 22.7. The third-order valence-electron chi connectivity index (χ3n) is 5.67. The van der Waals surface area contributed by atoms with E-state index < -0.39 is 11.6 Å². The molecule has 2 aromatic carbocycles. The van der Waals surface area contributed by atoms with Crippen LogP contribution in [0, 0.1) is 25.5 Å². The summed E-state index contributed by atoms with van der Waals surface area (Å²) in [7, 11) is 0. The number of nitrogens with zero attached hydrogens (tertiary/aromatic N) is 2. The molecule has 0 radical (unpaired) electrons. The Morgan fingerprint density at radius 1 is 1.03 bits per heavy atom. The van der Waals surface area contributed by atoms with E-state index in [1.165, 1.54) is 6.07 Å². The van der Waals surface area contributed by atoms with Gasteiger partial charge in [0, 0.05) is 38.3 Å². The molecule has 0 bridgehead atoms. The maximum Gasteiger partial charge on any atom is 0.289 e. The highest BCUT2D eigenvalue weighted by molar-refractivity contribution is 5.91. The molecule has 5 nitrogen and oxygen atoms in total. The summed E-state index contributed by atoms with van der Waals surface area (Å²) in [4.78, 5) is 16.5. The summed E-state index contributed by atoms with van der Waals surface area (Å²) in [6.07, 6.45) is 0. The fraction of sp³-hybridized carbons (Fsp3) is 0.320. The van der Waals surface area contributed by atoms with Crippen LogP contribution >= 0.6 is 0 Å². The quantitative estimate of drug-likeness (QED) is 0.557. The number of halogens is 2. The van der Waals surface area contributed by atoms with Gasteiger partial charge in [-0.25, -0.2) is 8.78 Å². The minimum Gasteiger partial charge on any atom is -0.485 e. The number of ether oxygens (including phenoxy) is 1. The van der Waals surface area contributed by atoms with Gasteiger partial charge in [0.05, 0.1) is 0 Å². The van der Waals surface area contributed by atoms with Crippen LogP contribution in [-0.2, 0) is 13.2 Å². The number of hydrogen-bond donors (Lipinski definition) is 0. The predicted molar refractivity (Wildman–Crippen MR) is 116 cm³/mol. The minimum absolute atomic E-state index is 0.181. The van der Waals surface area contributed by atoms with Crippen LogP contribution < -0.4 is 4.74 Å². The third-order valence-corrected chi connectivity index (χ3v) is 5.67. The lowest BCUT2D eigenvalue weighted by Gasteiger charge is -2.34. The van der Waals surface area contributed by atoms with Gasteiger partial charge in [0.15, 0.2) is 17.4 Å². The first kappa shape index (κ1) is 22.0. The maximum atomic E-state index is 13.9. The van der Waals surface area contributed by atoms with Crippen molar-refractivity contribution >= 4 is 5.91 Å². The Kier molecular flexibility index (Phi) is 6.55. The Morgan fingerprint density at radius 2 is 1.81 bits per heavy atom. The summed E-state index contributed by atoms with van der Waals surface area (Å²) in [6, 6.07) is 13.6. The molecule has 0 saturated carbocycles. The van der Waals surface area contributed by atoms with Crippen molar-refractivity contribution in [3.05, 3.63) is 88.4 Å². The zero-order valence-electron chi connectivity index (χ0n) is 18.2. The highest BCUT2D eigenvalue weighted by atomic mass is 19.2. The summed E-state index contributed by atoms with van der Waals surface area (Å²) in [5.41, 5.74) is 2.47. The number of rotatable bonds is 6. The standard InChI is InChI=1S/C25H26F2N2O3/c1-17-6-7-18(2)23(14-17)31-16-20-8-9-22(32-20)25(30)29-12-10-28(11-13-29)15-19-4-3-5-21(26)24(19)27/h3-9,14H,10-13,15-16H2,1-2H3. The van der Waals surface area contributed by atoms with E-state index in [0.29, 0.717) is 44.0 Å². The van der Waals surface area contributed by atoms with Gasteiger partial charge in [-0.3, -0.25) is 9.69 Å². The number of carbonyl (C=O) groups excluding carboxylic acids is 1. The van der Waals surface area contributed by atoms with Gasteiger partial charge in [-0.1, -0.05) is 24.3 Å². The molecule has 1 saturated heterocycles. The van der Waals surface area contributed by atoms with E-state index in [0.717, 1.165) is 22.9 Å². The Morgan fingerprint density at radius 3 is 2.59 bits per heavy atom. The van der Waals surface area contributed by atoms with Crippen molar-refractivity contribution in [2.75, 3.05) is 26.2 Å². The number of carbonyl (C=O) groups is 1. The number of amides is 1. The Hall–Kier alpha value is -3.19. The summed E-state index contributed by atoms with van der Waals surface area (Å²) in [5, 5.41) is 0. The fourth-order valence-electron chi connectivity index (χ4n) is 3.76. The second-order valence-electron chi connectivity index (χ2n) is 8.10. The molecule has 1 fully saturated rings. The first-order valence-corrected chi connectivity index (χ1v) is 10.6. The number of piperazine rings is 1. The lowest BCUT2D eigenvalue weighted by molar-refractivity contribution is 0.0592. The SMILES string of the molecule is Cc1ccc(C)c(OCc2ccc(C(=O)N3CCN(Cc4cccc(F)c4F)CC3)o2)c1. The molecule has 3 aromatic rings. The fourth-order valence-corrected chi connectivity index (χ4v) is 3.76. The van der Waals surface area contributed by atoms with Gasteiger partial charge >= 0.3 is 0 Å². The van der Waals surface area contributed by atoms with Gasteiger partial charge in [0.2, 0.25) is 0 Å². The molecule has 4 rings (SSSR count). The van der Waals surface area contributed by atoms with Crippen LogP contribution in [0.25, 0.3) is 0 Å². The minimum atomic E-state index is -0.841. The van der Waals surface area contributed by atoms with Crippen molar-refractivity contribution in [1.29, 1.82) is 0 Å². The molecule has 1 amide bonds. The van der Waals surface area contributed by atoms with Crippen LogP contribution in [0.1, 0.15) is 33.0 Å². The average molecular weight is 440 g/mol. The van der Waals surface area contributed by atoms with Crippen LogP contribution in [0.5, 0.6) is 5.75 Å². The van der Waals surface area contributed by atoms with Crippen molar-refractivity contribution in [3.63, 3.8) is 0 Å². The summed E-state index contributed by atoms with van der Waals surface area (Å²) < 4.78 is 38.9. The monoisotopic (exact) mass is 440 g/mol. The molecule has 1 aliphatic heterocycles. The molecule has 0 aliphatic carbocycles. The predicted octanol–water partition coefficient (Wildman–Crippen LogP) is 4.71. The third kappa shape index (κ3) is 4.99. The molecule has 7 heteroatoms. The van der Waals surface area contributed by atoms with E-state index in [-0.39, 0.29) is 18.3 Å². The Bertz CT molecular complexity index is 1100. The van der Waals surface area contributed by atoms with Crippen molar-refractivity contribution in [2.45, 2.75) is 27.0 Å². The Balaban J connectivity index is 1.30. The largest absolute Gasteiger partial charge is 0.485 e. The average Bonchev–Trinajstić information content (AvgIpc) is 3.27. The van der Waals surface area contributed by atoms with E-state index in [2.05, 4.69) is 0 Å². The molecule has 0 unspecified atom stereocenters. The molecule has 0 spiro atoms. The van der Waals surface area contributed by atoms with Crippen molar-refractivity contribution in [1.82, 2.24) is 9.80 Å². The second-order valence-corrected chi connectivity index (χ2v) is 8.10. The molecule has 2 heterocycles. The number of benzene rings is 2. The molecular formula is C25H26F2N2O3.